The zero-order valence-electron chi connectivity index (χ0n) is 14.6. The first kappa shape index (κ1) is 19.1. The number of aliphatic carboxylic acids is 1. The first-order chi connectivity index (χ1) is 11.7. The van der Waals surface area contributed by atoms with E-state index in [2.05, 4.69) is 10.3 Å². The van der Waals surface area contributed by atoms with Crippen molar-refractivity contribution in [2.45, 2.75) is 39.8 Å². The van der Waals surface area contributed by atoms with Crippen LogP contribution in [-0.2, 0) is 17.8 Å². The Bertz CT molecular complexity index is 751. The molecule has 6 nitrogen and oxygen atoms in total. The highest BCUT2D eigenvalue weighted by Gasteiger charge is 2.27. The molecule has 134 valence electrons. The lowest BCUT2D eigenvalue weighted by Crippen LogP contribution is -2.26. The summed E-state index contributed by atoms with van der Waals surface area (Å²) < 4.78 is 0. The average molecular weight is 361 g/mol. The average Bonchev–Trinajstić information content (AvgIpc) is 3.04. The summed E-state index contributed by atoms with van der Waals surface area (Å²) in [6, 6.07) is 7.38. The van der Waals surface area contributed by atoms with Gasteiger partial charge in [0.2, 0.25) is 0 Å². The number of carbonyl (C=O) groups excluding carboxylic acids is 1. The lowest BCUT2D eigenvalue weighted by molar-refractivity contribution is -0.146. The third-order valence-electron chi connectivity index (χ3n) is 3.85. The van der Waals surface area contributed by atoms with Crippen LogP contribution >= 0.6 is 11.3 Å². The molecule has 0 bridgehead atoms. The van der Waals surface area contributed by atoms with Crippen molar-refractivity contribution in [1.29, 1.82) is 0 Å². The fourth-order valence-corrected chi connectivity index (χ4v) is 2.99. The normalized spacial score (nSPS) is 12.6. The molecule has 7 heteroatoms. The highest BCUT2D eigenvalue weighted by atomic mass is 32.1. The molecule has 4 N–H and O–H groups in total. The number of hydrogen-bond donors (Lipinski definition) is 3. The predicted molar refractivity (Wildman–Crippen MR) is 97.4 cm³/mol. The van der Waals surface area contributed by atoms with Crippen molar-refractivity contribution < 1.29 is 14.7 Å². The molecule has 25 heavy (non-hydrogen) atoms. The van der Waals surface area contributed by atoms with Crippen molar-refractivity contribution in [2.75, 3.05) is 0 Å². The number of benzene rings is 1. The zero-order valence-corrected chi connectivity index (χ0v) is 15.4. The van der Waals surface area contributed by atoms with Gasteiger partial charge in [0.25, 0.3) is 5.91 Å². The predicted octanol–water partition coefficient (Wildman–Crippen LogP) is 2.75. The summed E-state index contributed by atoms with van der Waals surface area (Å²) in [7, 11) is 0. The second-order valence-corrected chi connectivity index (χ2v) is 7.61. The van der Waals surface area contributed by atoms with Crippen LogP contribution in [0.1, 0.15) is 53.4 Å². The van der Waals surface area contributed by atoms with Crippen molar-refractivity contribution in [1.82, 2.24) is 10.3 Å². The summed E-state index contributed by atoms with van der Waals surface area (Å²) >= 11 is 1.37. The third kappa shape index (κ3) is 5.11. The van der Waals surface area contributed by atoms with Crippen LogP contribution in [0.3, 0.4) is 0 Å². The van der Waals surface area contributed by atoms with Crippen molar-refractivity contribution in [3.8, 4) is 0 Å². The molecular formula is C18H23N3O3S. The van der Waals surface area contributed by atoms with Crippen LogP contribution in [0.15, 0.2) is 29.6 Å². The van der Waals surface area contributed by atoms with E-state index in [1.165, 1.54) is 11.3 Å². The van der Waals surface area contributed by atoms with E-state index in [0.29, 0.717) is 18.7 Å². The number of carboxylic acid groups (broad SMARTS) is 1. The molecule has 0 spiro atoms. The Morgan fingerprint density at radius 3 is 2.40 bits per heavy atom. The number of carboxylic acids is 1. The van der Waals surface area contributed by atoms with Crippen LogP contribution in [0, 0.1) is 5.41 Å². The van der Waals surface area contributed by atoms with E-state index in [-0.39, 0.29) is 11.9 Å². The van der Waals surface area contributed by atoms with Crippen LogP contribution in [0.25, 0.3) is 0 Å². The Labute approximate surface area is 151 Å². The van der Waals surface area contributed by atoms with Gasteiger partial charge in [-0.3, -0.25) is 9.59 Å². The van der Waals surface area contributed by atoms with Crippen LogP contribution in [0.5, 0.6) is 0 Å². The van der Waals surface area contributed by atoms with E-state index in [1.807, 2.05) is 31.2 Å². The molecule has 1 unspecified atom stereocenters. The van der Waals surface area contributed by atoms with Crippen molar-refractivity contribution in [3.63, 3.8) is 0 Å². The summed E-state index contributed by atoms with van der Waals surface area (Å²) in [6.45, 7) is 5.61. The minimum atomic E-state index is -0.821. The van der Waals surface area contributed by atoms with E-state index in [9.17, 15) is 14.7 Å². The molecule has 2 rings (SSSR count). The molecule has 1 aromatic heterocycles. The second kappa shape index (κ2) is 7.76. The van der Waals surface area contributed by atoms with E-state index in [4.69, 9.17) is 5.73 Å². The molecule has 2 aromatic rings. The number of hydrogen-bond acceptors (Lipinski definition) is 5. The summed E-state index contributed by atoms with van der Waals surface area (Å²) in [5.41, 5.74) is 7.20. The van der Waals surface area contributed by atoms with Gasteiger partial charge in [-0.1, -0.05) is 24.3 Å². The second-order valence-electron chi connectivity index (χ2n) is 6.72. The van der Waals surface area contributed by atoms with Gasteiger partial charge in [-0.05, 0) is 38.3 Å². The van der Waals surface area contributed by atoms with Gasteiger partial charge in [-0.15, -0.1) is 11.3 Å². The quantitative estimate of drug-likeness (QED) is 0.703. The molecule has 1 atom stereocenters. The van der Waals surface area contributed by atoms with Crippen LogP contribution in [0.2, 0.25) is 0 Å². The molecule has 0 fully saturated rings. The van der Waals surface area contributed by atoms with E-state index in [0.717, 1.165) is 16.1 Å². The van der Waals surface area contributed by atoms with Gasteiger partial charge in [0.05, 0.1) is 11.5 Å². The minimum absolute atomic E-state index is 0.186. The van der Waals surface area contributed by atoms with E-state index < -0.39 is 11.4 Å². The number of carbonyl (C=O) groups is 2. The van der Waals surface area contributed by atoms with Gasteiger partial charge in [-0.25, -0.2) is 4.98 Å². The lowest BCUT2D eigenvalue weighted by Gasteiger charge is -2.19. The third-order valence-corrected chi connectivity index (χ3v) is 4.89. The molecular weight excluding hydrogens is 338 g/mol. The van der Waals surface area contributed by atoms with Gasteiger partial charge in [-0.2, -0.15) is 0 Å². The topological polar surface area (TPSA) is 105 Å². The maximum Gasteiger partial charge on any atom is 0.309 e. The molecule has 0 aliphatic rings. The maximum atomic E-state index is 12.1. The molecule has 0 aliphatic carbocycles. The van der Waals surface area contributed by atoms with Crippen LogP contribution < -0.4 is 11.1 Å². The minimum Gasteiger partial charge on any atom is -0.481 e. The number of rotatable bonds is 7. The Morgan fingerprint density at radius 1 is 1.28 bits per heavy atom. The summed E-state index contributed by atoms with van der Waals surface area (Å²) in [4.78, 5) is 27.5. The largest absolute Gasteiger partial charge is 0.481 e. The number of thiazole rings is 1. The fraction of sp³-hybridized carbons (Fsp3) is 0.389. The number of nitrogens with zero attached hydrogens (tertiary/aromatic N) is 1. The van der Waals surface area contributed by atoms with E-state index >= 15 is 0 Å². The van der Waals surface area contributed by atoms with Crippen molar-refractivity contribution in [2.24, 2.45) is 11.1 Å². The first-order valence-corrected chi connectivity index (χ1v) is 8.87. The summed E-state index contributed by atoms with van der Waals surface area (Å²) in [5, 5.41) is 14.4. The number of nitrogens with one attached hydrogen (secondary N) is 1. The molecule has 0 saturated carbocycles. The highest BCUT2D eigenvalue weighted by Crippen LogP contribution is 2.22. The molecule has 1 heterocycles. The van der Waals surface area contributed by atoms with Gasteiger partial charge < -0.3 is 16.2 Å². The molecule has 1 aromatic carbocycles. The Morgan fingerprint density at radius 2 is 1.88 bits per heavy atom. The molecule has 1 amide bonds. The molecule has 0 aliphatic heterocycles. The van der Waals surface area contributed by atoms with Gasteiger partial charge in [0, 0.05) is 11.9 Å². The molecule has 0 radical (unpaired) electrons. The Hall–Kier alpha value is -2.25. The fourth-order valence-electron chi connectivity index (χ4n) is 2.23. The highest BCUT2D eigenvalue weighted by molar-refractivity contribution is 7.09. The number of nitrogens with two attached hydrogens (primary N) is 1. The monoisotopic (exact) mass is 361 g/mol. The van der Waals surface area contributed by atoms with Crippen molar-refractivity contribution >= 4 is 23.2 Å². The van der Waals surface area contributed by atoms with Crippen LogP contribution in [0.4, 0.5) is 0 Å². The zero-order chi connectivity index (χ0) is 18.6. The van der Waals surface area contributed by atoms with Crippen molar-refractivity contribution in [3.05, 3.63) is 51.5 Å². The first-order valence-electron chi connectivity index (χ1n) is 7.99. The lowest BCUT2D eigenvalue weighted by atomic mass is 9.86. The Balaban J connectivity index is 1.92. The van der Waals surface area contributed by atoms with Gasteiger partial charge in [0.1, 0.15) is 10.7 Å². The number of amides is 1. The summed E-state index contributed by atoms with van der Waals surface area (Å²) in [6.07, 6.45) is 0.452. The van der Waals surface area contributed by atoms with Gasteiger partial charge in [0.15, 0.2) is 0 Å². The van der Waals surface area contributed by atoms with Crippen LogP contribution in [-0.4, -0.2) is 22.0 Å². The number of aromatic nitrogens is 1. The van der Waals surface area contributed by atoms with E-state index in [1.54, 1.807) is 19.2 Å². The Kier molecular flexibility index (Phi) is 5.92. The SMILES string of the molecule is CC(N)c1nc(C(=O)NCc2ccc(CC(C)(C)C(=O)O)cc2)cs1. The molecule has 0 saturated heterocycles. The smallest absolute Gasteiger partial charge is 0.309 e. The standard InChI is InChI=1S/C18H23N3O3S/c1-11(19)16-21-14(10-25-16)15(22)20-9-13-6-4-12(5-7-13)8-18(2,3)17(23)24/h4-7,10-11H,8-9,19H2,1-3H3,(H,20,22)(H,23,24). The maximum absolute atomic E-state index is 12.1. The van der Waals surface area contributed by atoms with Gasteiger partial charge >= 0.3 is 5.97 Å². The summed E-state index contributed by atoms with van der Waals surface area (Å²) in [5.74, 6) is -1.06.